The van der Waals surface area contributed by atoms with Crippen LogP contribution in [0.25, 0.3) is 0 Å². The lowest BCUT2D eigenvalue weighted by atomic mass is 10.2. The minimum absolute atomic E-state index is 0.172. The number of aryl methyl sites for hydroxylation is 1. The molecule has 0 bridgehead atoms. The van der Waals surface area contributed by atoms with Crippen LogP contribution in [-0.2, 0) is 16.0 Å². The minimum atomic E-state index is -0.284. The number of fused-ring (bicyclic) bond motifs is 1. The van der Waals surface area contributed by atoms with Crippen molar-refractivity contribution in [1.82, 2.24) is 10.3 Å². The van der Waals surface area contributed by atoms with E-state index in [1.165, 1.54) is 5.56 Å². The number of aromatic nitrogens is 1. The summed E-state index contributed by atoms with van der Waals surface area (Å²) < 4.78 is 4.98. The van der Waals surface area contributed by atoms with Gasteiger partial charge in [-0.1, -0.05) is 6.07 Å². The van der Waals surface area contributed by atoms with Crippen molar-refractivity contribution in [3.8, 4) is 0 Å². The third-order valence-corrected chi connectivity index (χ3v) is 3.05. The number of carbonyl (C=O) groups excluding carboxylic acids is 1. The highest BCUT2D eigenvalue weighted by Crippen LogP contribution is 2.29. The predicted molar refractivity (Wildman–Crippen MR) is 64.5 cm³/mol. The van der Waals surface area contributed by atoms with Crippen LogP contribution < -0.4 is 5.32 Å². The molecule has 1 aliphatic carbocycles. The van der Waals surface area contributed by atoms with Gasteiger partial charge < -0.3 is 4.74 Å². The molecule has 0 saturated heterocycles. The van der Waals surface area contributed by atoms with Crippen molar-refractivity contribution in [2.75, 3.05) is 6.61 Å². The lowest BCUT2D eigenvalue weighted by Gasteiger charge is -2.18. The van der Waals surface area contributed by atoms with Crippen LogP contribution in [0.2, 0.25) is 0 Å². The van der Waals surface area contributed by atoms with Gasteiger partial charge in [-0.25, -0.2) is 0 Å². The molecule has 0 aliphatic heterocycles. The van der Waals surface area contributed by atoms with Gasteiger partial charge in [-0.3, -0.25) is 15.1 Å². The molecule has 0 saturated carbocycles. The van der Waals surface area contributed by atoms with Gasteiger partial charge in [0.05, 0.1) is 18.3 Å². The number of hydrogen-bond donors (Lipinski definition) is 1. The van der Waals surface area contributed by atoms with Crippen molar-refractivity contribution < 1.29 is 9.53 Å². The molecular weight excluding hydrogens is 216 g/mol. The van der Waals surface area contributed by atoms with E-state index in [9.17, 15) is 4.79 Å². The summed E-state index contributed by atoms with van der Waals surface area (Å²) in [5.74, 6) is -0.197. The normalized spacial score (nSPS) is 19.8. The fourth-order valence-corrected chi connectivity index (χ4v) is 2.21. The first-order valence-corrected chi connectivity index (χ1v) is 6.09. The zero-order valence-electron chi connectivity index (χ0n) is 10.3. The van der Waals surface area contributed by atoms with Gasteiger partial charge in [-0.2, -0.15) is 0 Å². The molecule has 1 aromatic rings. The van der Waals surface area contributed by atoms with Crippen molar-refractivity contribution in [2.24, 2.45) is 0 Å². The Hall–Kier alpha value is -1.42. The smallest absolute Gasteiger partial charge is 0.322 e. The van der Waals surface area contributed by atoms with E-state index in [0.29, 0.717) is 6.61 Å². The lowest BCUT2D eigenvalue weighted by Crippen LogP contribution is -2.37. The molecule has 0 fully saturated rings. The van der Waals surface area contributed by atoms with E-state index in [-0.39, 0.29) is 18.1 Å². The maximum Gasteiger partial charge on any atom is 0.322 e. The highest BCUT2D eigenvalue weighted by molar-refractivity contribution is 5.75. The van der Waals surface area contributed by atoms with Crippen LogP contribution in [0.5, 0.6) is 0 Å². The number of nitrogens with zero attached hydrogens (tertiary/aromatic N) is 1. The molecule has 1 aliphatic rings. The predicted octanol–water partition coefficient (Wildman–Crippen LogP) is 1.61. The van der Waals surface area contributed by atoms with Gasteiger partial charge in [0.25, 0.3) is 0 Å². The SMILES string of the molecule is CCOC(=O)C(C)NC1CCc2cccnc21. The Balaban J connectivity index is 1.99. The van der Waals surface area contributed by atoms with Gasteiger partial charge in [0.15, 0.2) is 0 Å². The fourth-order valence-electron chi connectivity index (χ4n) is 2.21. The van der Waals surface area contributed by atoms with E-state index in [1.54, 1.807) is 6.20 Å². The molecule has 1 N–H and O–H groups in total. The van der Waals surface area contributed by atoms with Crippen molar-refractivity contribution in [3.05, 3.63) is 29.6 Å². The Morgan fingerprint density at radius 3 is 3.29 bits per heavy atom. The summed E-state index contributed by atoms with van der Waals surface area (Å²) in [7, 11) is 0. The third kappa shape index (κ3) is 2.64. The maximum absolute atomic E-state index is 11.5. The first-order valence-electron chi connectivity index (χ1n) is 6.09. The van der Waals surface area contributed by atoms with Gasteiger partial charge in [0, 0.05) is 6.20 Å². The number of carbonyl (C=O) groups is 1. The standard InChI is InChI=1S/C13H18N2O2/c1-3-17-13(16)9(2)15-11-7-6-10-5-4-8-14-12(10)11/h4-5,8-9,11,15H,3,6-7H2,1-2H3. The molecule has 4 nitrogen and oxygen atoms in total. The molecule has 2 rings (SSSR count). The van der Waals surface area contributed by atoms with Gasteiger partial charge in [-0.05, 0) is 38.3 Å². The van der Waals surface area contributed by atoms with Gasteiger partial charge in [-0.15, -0.1) is 0 Å². The number of esters is 1. The Kier molecular flexibility index (Phi) is 3.74. The lowest BCUT2D eigenvalue weighted by molar-refractivity contribution is -0.145. The summed E-state index contributed by atoms with van der Waals surface area (Å²) in [6.45, 7) is 4.07. The number of hydrogen-bond acceptors (Lipinski definition) is 4. The monoisotopic (exact) mass is 234 g/mol. The summed E-state index contributed by atoms with van der Waals surface area (Å²) in [4.78, 5) is 15.9. The number of pyridine rings is 1. The van der Waals surface area contributed by atoms with Crippen LogP contribution in [0.3, 0.4) is 0 Å². The van der Waals surface area contributed by atoms with E-state index in [2.05, 4.69) is 16.4 Å². The van der Waals surface area contributed by atoms with Crippen LogP contribution in [0, 0.1) is 0 Å². The second-order valence-corrected chi connectivity index (χ2v) is 4.28. The molecule has 2 atom stereocenters. The highest BCUT2D eigenvalue weighted by Gasteiger charge is 2.26. The van der Waals surface area contributed by atoms with Crippen LogP contribution in [0.4, 0.5) is 0 Å². The minimum Gasteiger partial charge on any atom is -0.465 e. The quantitative estimate of drug-likeness (QED) is 0.804. The topological polar surface area (TPSA) is 51.2 Å². The molecule has 17 heavy (non-hydrogen) atoms. The Morgan fingerprint density at radius 1 is 1.71 bits per heavy atom. The Bertz CT molecular complexity index is 406. The van der Waals surface area contributed by atoms with Gasteiger partial charge >= 0.3 is 5.97 Å². The first-order chi connectivity index (χ1) is 8.22. The third-order valence-electron chi connectivity index (χ3n) is 3.05. The summed E-state index contributed by atoms with van der Waals surface area (Å²) in [5.41, 5.74) is 2.35. The van der Waals surface area contributed by atoms with Gasteiger partial charge in [0.1, 0.15) is 6.04 Å². The largest absolute Gasteiger partial charge is 0.465 e. The molecule has 0 spiro atoms. The van der Waals surface area contributed by atoms with E-state index < -0.39 is 0 Å². The number of rotatable bonds is 4. The molecule has 0 aromatic carbocycles. The molecule has 1 aromatic heterocycles. The van der Waals surface area contributed by atoms with E-state index in [4.69, 9.17) is 4.74 Å². The van der Waals surface area contributed by atoms with E-state index in [0.717, 1.165) is 18.5 Å². The maximum atomic E-state index is 11.5. The second-order valence-electron chi connectivity index (χ2n) is 4.28. The van der Waals surface area contributed by atoms with Gasteiger partial charge in [0.2, 0.25) is 0 Å². The second kappa shape index (κ2) is 5.27. The van der Waals surface area contributed by atoms with Crippen molar-refractivity contribution in [3.63, 3.8) is 0 Å². The molecule has 0 radical (unpaired) electrons. The summed E-state index contributed by atoms with van der Waals surface area (Å²) in [5, 5.41) is 3.28. The molecule has 2 unspecified atom stereocenters. The summed E-state index contributed by atoms with van der Waals surface area (Å²) in [6.07, 6.45) is 3.82. The number of ether oxygens (including phenoxy) is 1. The fraction of sp³-hybridized carbons (Fsp3) is 0.538. The van der Waals surface area contributed by atoms with Crippen LogP contribution in [-0.4, -0.2) is 23.6 Å². The average Bonchev–Trinajstić information content (AvgIpc) is 2.73. The Labute approximate surface area is 101 Å². The van der Waals surface area contributed by atoms with Crippen LogP contribution in [0.1, 0.15) is 37.6 Å². The molecule has 1 heterocycles. The first kappa shape index (κ1) is 12.0. The highest BCUT2D eigenvalue weighted by atomic mass is 16.5. The zero-order chi connectivity index (χ0) is 12.3. The van der Waals surface area contributed by atoms with Crippen molar-refractivity contribution >= 4 is 5.97 Å². The van der Waals surface area contributed by atoms with Crippen molar-refractivity contribution in [2.45, 2.75) is 38.8 Å². The molecular formula is C13H18N2O2. The van der Waals surface area contributed by atoms with Crippen LogP contribution >= 0.6 is 0 Å². The zero-order valence-corrected chi connectivity index (χ0v) is 10.3. The summed E-state index contributed by atoms with van der Waals surface area (Å²) in [6, 6.07) is 3.94. The van der Waals surface area contributed by atoms with Crippen molar-refractivity contribution in [1.29, 1.82) is 0 Å². The molecule has 4 heteroatoms. The average molecular weight is 234 g/mol. The summed E-state index contributed by atoms with van der Waals surface area (Å²) >= 11 is 0. The van der Waals surface area contributed by atoms with E-state index in [1.807, 2.05) is 19.9 Å². The number of nitrogens with one attached hydrogen (secondary N) is 1. The molecule has 0 amide bonds. The van der Waals surface area contributed by atoms with Crippen LogP contribution in [0.15, 0.2) is 18.3 Å². The molecule has 92 valence electrons. The van der Waals surface area contributed by atoms with E-state index >= 15 is 0 Å². The Morgan fingerprint density at radius 2 is 2.53 bits per heavy atom.